The number of hydrogen-bond acceptors (Lipinski definition) is 4. The van der Waals surface area contributed by atoms with Gasteiger partial charge in [-0.05, 0) is 30.5 Å². The van der Waals surface area contributed by atoms with Crippen LogP contribution in [0.4, 0.5) is 13.2 Å². The Hall–Kier alpha value is -2.54. The van der Waals surface area contributed by atoms with Crippen molar-refractivity contribution in [1.82, 2.24) is 9.97 Å². The van der Waals surface area contributed by atoms with Crippen molar-refractivity contribution in [3.63, 3.8) is 0 Å². The van der Waals surface area contributed by atoms with E-state index in [0.29, 0.717) is 15.8 Å². The Morgan fingerprint density at radius 1 is 1.08 bits per heavy atom. The highest BCUT2D eigenvalue weighted by Crippen LogP contribution is 2.38. The third kappa shape index (κ3) is 3.76. The fourth-order valence-electron chi connectivity index (χ4n) is 2.14. The summed E-state index contributed by atoms with van der Waals surface area (Å²) in [6.07, 6.45) is -2.10. The lowest BCUT2D eigenvalue weighted by molar-refractivity contribution is -0.189. The van der Waals surface area contributed by atoms with Crippen molar-refractivity contribution in [2.75, 3.05) is 0 Å². The van der Waals surface area contributed by atoms with Crippen molar-refractivity contribution in [1.29, 1.82) is 0 Å². The van der Waals surface area contributed by atoms with Crippen LogP contribution in [-0.2, 0) is 0 Å². The van der Waals surface area contributed by atoms with Gasteiger partial charge in [-0.3, -0.25) is 4.98 Å². The number of fused-ring (bicyclic) bond motifs is 1. The average molecular weight is 369 g/mol. The molecule has 3 aromatic rings. The van der Waals surface area contributed by atoms with Crippen LogP contribution >= 0.6 is 11.6 Å². The maximum absolute atomic E-state index is 12.8. The highest BCUT2D eigenvalue weighted by atomic mass is 35.5. The van der Waals surface area contributed by atoms with E-state index in [1.165, 1.54) is 30.7 Å². The molecule has 0 radical (unpaired) electrons. The molecular formula is C17H12ClF3N2O2. The van der Waals surface area contributed by atoms with Gasteiger partial charge in [0.1, 0.15) is 5.75 Å². The van der Waals surface area contributed by atoms with Crippen LogP contribution in [0.2, 0.25) is 5.02 Å². The first-order valence-corrected chi connectivity index (χ1v) is 7.62. The quantitative estimate of drug-likeness (QED) is 0.618. The number of halogens is 4. The zero-order valence-corrected chi connectivity index (χ0v) is 13.7. The Balaban J connectivity index is 2.06. The molecule has 0 bridgehead atoms. The van der Waals surface area contributed by atoms with Crippen LogP contribution < -0.4 is 9.47 Å². The summed E-state index contributed by atoms with van der Waals surface area (Å²) in [5.74, 6) is 0.339. The van der Waals surface area contributed by atoms with Crippen molar-refractivity contribution in [3.05, 3.63) is 53.9 Å². The lowest BCUT2D eigenvalue weighted by Gasteiger charge is -2.19. The molecule has 0 amide bonds. The summed E-state index contributed by atoms with van der Waals surface area (Å²) >= 11 is 6.04. The van der Waals surface area contributed by atoms with Crippen LogP contribution in [0.15, 0.2) is 48.9 Å². The number of hydrogen-bond donors (Lipinski definition) is 0. The number of aromatic nitrogens is 2. The summed E-state index contributed by atoms with van der Waals surface area (Å²) in [7, 11) is 0. The van der Waals surface area contributed by atoms with Crippen molar-refractivity contribution in [2.24, 2.45) is 0 Å². The SMILES string of the molecule is CC(Oc1cccc2ccnc(Oc3cnccc3Cl)c12)C(F)(F)F. The molecule has 8 heteroatoms. The Morgan fingerprint density at radius 3 is 2.60 bits per heavy atom. The van der Waals surface area contributed by atoms with Crippen LogP contribution in [0.5, 0.6) is 17.4 Å². The summed E-state index contributed by atoms with van der Waals surface area (Å²) in [4.78, 5) is 8.01. The second-order valence-electron chi connectivity index (χ2n) is 5.18. The Morgan fingerprint density at radius 2 is 1.88 bits per heavy atom. The maximum Gasteiger partial charge on any atom is 0.425 e. The third-order valence-corrected chi connectivity index (χ3v) is 3.74. The third-order valence-electron chi connectivity index (χ3n) is 3.42. The molecule has 0 fully saturated rings. The van der Waals surface area contributed by atoms with E-state index in [1.54, 1.807) is 18.2 Å². The zero-order valence-electron chi connectivity index (χ0n) is 12.9. The standard InChI is InChI=1S/C17H12ClF3N2O2/c1-10(17(19,20)21)24-13-4-2-3-11-5-8-23-16(15(11)13)25-14-9-22-7-6-12(14)18/h2-10H,1H3. The second kappa shape index (κ2) is 6.76. The average Bonchev–Trinajstić information content (AvgIpc) is 2.56. The maximum atomic E-state index is 12.8. The van der Waals surface area contributed by atoms with E-state index in [-0.39, 0.29) is 17.4 Å². The fourth-order valence-corrected chi connectivity index (χ4v) is 2.28. The van der Waals surface area contributed by atoms with Crippen LogP contribution in [0.3, 0.4) is 0 Å². The molecule has 3 rings (SSSR count). The largest absolute Gasteiger partial charge is 0.480 e. The molecule has 0 saturated carbocycles. The highest BCUT2D eigenvalue weighted by molar-refractivity contribution is 6.32. The van der Waals surface area contributed by atoms with Crippen molar-refractivity contribution < 1.29 is 22.6 Å². The number of nitrogens with zero attached hydrogens (tertiary/aromatic N) is 2. The van der Waals surface area contributed by atoms with Gasteiger partial charge < -0.3 is 9.47 Å². The van der Waals surface area contributed by atoms with E-state index in [2.05, 4.69) is 9.97 Å². The first-order valence-electron chi connectivity index (χ1n) is 7.24. The zero-order chi connectivity index (χ0) is 18.0. The van der Waals surface area contributed by atoms with Gasteiger partial charge in [0.25, 0.3) is 0 Å². The minimum Gasteiger partial charge on any atom is -0.480 e. The number of alkyl halides is 3. The van der Waals surface area contributed by atoms with Gasteiger partial charge in [-0.15, -0.1) is 0 Å². The van der Waals surface area contributed by atoms with Gasteiger partial charge in [0.2, 0.25) is 5.88 Å². The molecule has 25 heavy (non-hydrogen) atoms. The van der Waals surface area contributed by atoms with Gasteiger partial charge in [-0.1, -0.05) is 23.7 Å². The molecule has 0 saturated heterocycles. The van der Waals surface area contributed by atoms with E-state index < -0.39 is 12.3 Å². The smallest absolute Gasteiger partial charge is 0.425 e. The van der Waals surface area contributed by atoms with Gasteiger partial charge in [0.15, 0.2) is 11.9 Å². The van der Waals surface area contributed by atoms with Crippen LogP contribution in [0.1, 0.15) is 6.92 Å². The summed E-state index contributed by atoms with van der Waals surface area (Å²) in [6.45, 7) is 0.938. The summed E-state index contributed by atoms with van der Waals surface area (Å²) < 4.78 is 49.3. The van der Waals surface area contributed by atoms with E-state index in [4.69, 9.17) is 21.1 Å². The van der Waals surface area contributed by atoms with E-state index in [1.807, 2.05) is 0 Å². The molecule has 0 N–H and O–H groups in total. The van der Waals surface area contributed by atoms with Crippen molar-refractivity contribution in [3.8, 4) is 17.4 Å². The van der Waals surface area contributed by atoms with Crippen LogP contribution in [0.25, 0.3) is 10.8 Å². The molecule has 0 spiro atoms. The topological polar surface area (TPSA) is 44.2 Å². The van der Waals surface area contributed by atoms with Gasteiger partial charge in [0, 0.05) is 12.4 Å². The molecule has 1 unspecified atom stereocenters. The second-order valence-corrected chi connectivity index (χ2v) is 5.59. The first kappa shape index (κ1) is 17.3. The summed E-state index contributed by atoms with van der Waals surface area (Å²) in [6, 6.07) is 7.94. The first-order chi connectivity index (χ1) is 11.9. The molecule has 130 valence electrons. The lowest BCUT2D eigenvalue weighted by atomic mass is 10.1. The Kier molecular flexibility index (Phi) is 4.67. The number of pyridine rings is 2. The Bertz CT molecular complexity index is 897. The predicted octanol–water partition coefficient (Wildman–Crippen LogP) is 5.41. The van der Waals surface area contributed by atoms with E-state index >= 15 is 0 Å². The molecule has 4 nitrogen and oxygen atoms in total. The molecule has 0 aliphatic carbocycles. The molecule has 0 aliphatic heterocycles. The Labute approximate surface area is 146 Å². The van der Waals surface area contributed by atoms with Crippen LogP contribution in [0, 0.1) is 0 Å². The monoisotopic (exact) mass is 368 g/mol. The van der Waals surface area contributed by atoms with Crippen LogP contribution in [-0.4, -0.2) is 22.2 Å². The van der Waals surface area contributed by atoms with Gasteiger partial charge in [-0.25, -0.2) is 4.98 Å². The molecule has 0 aliphatic rings. The van der Waals surface area contributed by atoms with Gasteiger partial charge >= 0.3 is 6.18 Å². The van der Waals surface area contributed by atoms with E-state index in [9.17, 15) is 13.2 Å². The number of rotatable bonds is 4. The molecule has 2 heterocycles. The predicted molar refractivity (Wildman–Crippen MR) is 87.2 cm³/mol. The van der Waals surface area contributed by atoms with Gasteiger partial charge in [0.05, 0.1) is 16.6 Å². The molecule has 1 aromatic carbocycles. The summed E-state index contributed by atoms with van der Waals surface area (Å²) in [5, 5.41) is 1.24. The minimum absolute atomic E-state index is 0.0189. The summed E-state index contributed by atoms with van der Waals surface area (Å²) in [5.41, 5.74) is 0. The van der Waals surface area contributed by atoms with Crippen molar-refractivity contribution >= 4 is 22.4 Å². The molecular weight excluding hydrogens is 357 g/mol. The minimum atomic E-state index is -4.49. The normalized spacial score (nSPS) is 12.8. The number of benzene rings is 1. The van der Waals surface area contributed by atoms with Crippen molar-refractivity contribution in [2.45, 2.75) is 19.2 Å². The fraction of sp³-hybridized carbons (Fsp3) is 0.176. The molecule has 2 aromatic heterocycles. The number of ether oxygens (including phenoxy) is 2. The van der Waals surface area contributed by atoms with Gasteiger partial charge in [-0.2, -0.15) is 13.2 Å². The lowest BCUT2D eigenvalue weighted by Crippen LogP contribution is -2.31. The van der Waals surface area contributed by atoms with E-state index in [0.717, 1.165) is 6.92 Å². The molecule has 1 atom stereocenters. The highest BCUT2D eigenvalue weighted by Gasteiger charge is 2.38.